The molecule has 292 valence electrons. The first-order chi connectivity index (χ1) is 26.8. The van der Waals surface area contributed by atoms with Gasteiger partial charge in [0, 0.05) is 55.7 Å². The summed E-state index contributed by atoms with van der Waals surface area (Å²) in [5, 5.41) is 11.8. The molecular weight excluding hydrogens is 725 g/mol. The minimum absolute atomic E-state index is 0.0611. The van der Waals surface area contributed by atoms with E-state index < -0.39 is 35.0 Å². The van der Waals surface area contributed by atoms with Crippen LogP contribution in [-0.4, -0.2) is 102 Å². The van der Waals surface area contributed by atoms with Crippen molar-refractivity contribution in [1.82, 2.24) is 19.8 Å². The van der Waals surface area contributed by atoms with Gasteiger partial charge in [-0.1, -0.05) is 12.0 Å². The lowest BCUT2D eigenvalue weighted by molar-refractivity contribution is 0.0123. The molecule has 0 unspecified atom stereocenters. The van der Waals surface area contributed by atoms with Gasteiger partial charge in [0.2, 0.25) is 5.88 Å². The molecule has 11 nitrogen and oxygen atoms in total. The summed E-state index contributed by atoms with van der Waals surface area (Å²) in [5.74, 6) is 1.12. The number of rotatable bonds is 8. The number of nitrogens with zero attached hydrogens (tertiary/aromatic N) is 6. The largest absolute Gasteiger partial charge is 0.475 e. The Morgan fingerprint density at radius 1 is 1.11 bits per heavy atom. The number of carbonyl (C=O) groups excluding carboxylic acids is 1. The van der Waals surface area contributed by atoms with Gasteiger partial charge in [0.25, 0.3) is 0 Å². The third kappa shape index (κ3) is 6.48. The fourth-order valence-corrected chi connectivity index (χ4v) is 9.18. The number of pyridine rings is 2. The van der Waals surface area contributed by atoms with Crippen molar-refractivity contribution in [2.24, 2.45) is 0 Å². The molecule has 4 aliphatic rings. The highest BCUT2D eigenvalue weighted by atomic mass is 19.1. The monoisotopic (exact) mass is 768 g/mol. The topological polar surface area (TPSA) is 113 Å². The number of benzene rings is 2. The van der Waals surface area contributed by atoms with Crippen molar-refractivity contribution >= 4 is 33.5 Å². The Balaban J connectivity index is 1.29. The highest BCUT2D eigenvalue weighted by Gasteiger charge is 2.50. The van der Waals surface area contributed by atoms with Gasteiger partial charge in [0.05, 0.1) is 28.9 Å². The summed E-state index contributed by atoms with van der Waals surface area (Å²) in [6.07, 6.45) is 9.17. The number of amides is 1. The van der Waals surface area contributed by atoms with E-state index in [0.29, 0.717) is 36.5 Å². The number of anilines is 1. The van der Waals surface area contributed by atoms with E-state index >= 15 is 8.78 Å². The third-order valence-electron chi connectivity index (χ3n) is 11.4. The number of terminal acetylenes is 1. The number of alkyl halides is 1. The first kappa shape index (κ1) is 37.6. The maximum Gasteiger partial charge on any atom is 0.410 e. The first-order valence-electron chi connectivity index (χ1n) is 18.9. The smallest absolute Gasteiger partial charge is 0.410 e. The van der Waals surface area contributed by atoms with E-state index in [1.807, 2.05) is 25.7 Å². The zero-order valence-electron chi connectivity index (χ0n) is 31.8. The van der Waals surface area contributed by atoms with E-state index in [0.717, 1.165) is 32.2 Å². The molecule has 4 aliphatic heterocycles. The summed E-state index contributed by atoms with van der Waals surface area (Å²) in [4.78, 5) is 28.5. The molecule has 2 aromatic carbocycles. The van der Waals surface area contributed by atoms with Crippen LogP contribution in [0.3, 0.4) is 0 Å². The third-order valence-corrected chi connectivity index (χ3v) is 11.4. The lowest BCUT2D eigenvalue weighted by atomic mass is 9.94. The number of fused-ring (bicyclic) bond motifs is 5. The van der Waals surface area contributed by atoms with E-state index in [2.05, 4.69) is 26.9 Å². The molecule has 6 heterocycles. The van der Waals surface area contributed by atoms with Crippen LogP contribution in [-0.2, 0) is 9.47 Å². The fourth-order valence-electron chi connectivity index (χ4n) is 9.18. The molecule has 0 radical (unpaired) electrons. The standard InChI is InChI=1S/C42H43F3N6O5/c1-6-29-33(44)11-8-24-14-28(55-23-53-5)15-30(34(24)29)36-35(45)37-32(18-47-36)38(49-20-26-9-10-27(21-49)51(26)40(52)56-41(2,3)4)31(17-46)39(48-37)54-22-42-12-7-13-50(42)19-25(43)16-42/h1,8,11,14-15,18,25-27H,7,9-10,12-13,16,19-23H2,2-5H3/t25-,26-,27+,42+/m1/s1. The fraction of sp³-hybridized carbons (Fsp3) is 0.476. The Morgan fingerprint density at radius 3 is 2.57 bits per heavy atom. The molecule has 14 heteroatoms. The predicted octanol–water partition coefficient (Wildman–Crippen LogP) is 7.11. The summed E-state index contributed by atoms with van der Waals surface area (Å²) >= 11 is 0. The van der Waals surface area contributed by atoms with E-state index in [-0.39, 0.29) is 76.5 Å². The highest BCUT2D eigenvalue weighted by molar-refractivity contribution is 6.04. The molecule has 0 N–H and O–H groups in total. The highest BCUT2D eigenvalue weighted by Crippen LogP contribution is 2.45. The van der Waals surface area contributed by atoms with Gasteiger partial charge in [0.15, 0.2) is 12.6 Å². The Bertz CT molecular complexity index is 2310. The van der Waals surface area contributed by atoms with Gasteiger partial charge >= 0.3 is 6.09 Å². The van der Waals surface area contributed by atoms with Gasteiger partial charge in [-0.15, -0.1) is 6.42 Å². The molecular formula is C42H43F3N6O5. The van der Waals surface area contributed by atoms with Crippen molar-refractivity contribution in [2.45, 2.75) is 82.3 Å². The molecule has 4 fully saturated rings. The molecule has 0 aliphatic carbocycles. The number of hydrogen-bond donors (Lipinski definition) is 0. The molecule has 1 amide bonds. The Hall–Kier alpha value is -5.31. The van der Waals surface area contributed by atoms with Gasteiger partial charge in [0.1, 0.15) is 52.8 Å². The van der Waals surface area contributed by atoms with Crippen LogP contribution in [0, 0.1) is 35.3 Å². The van der Waals surface area contributed by atoms with E-state index in [4.69, 9.17) is 25.4 Å². The summed E-state index contributed by atoms with van der Waals surface area (Å²) in [5.41, 5.74) is -1.00. The zero-order chi connectivity index (χ0) is 39.5. The van der Waals surface area contributed by atoms with Crippen LogP contribution in [0.1, 0.15) is 64.0 Å². The number of aromatic nitrogens is 2. The Kier molecular flexibility index (Phi) is 9.62. The van der Waals surface area contributed by atoms with Gasteiger partial charge in [-0.05, 0) is 76.6 Å². The maximum atomic E-state index is 17.4. The van der Waals surface area contributed by atoms with Crippen molar-refractivity contribution in [1.29, 1.82) is 5.26 Å². The number of nitriles is 1. The van der Waals surface area contributed by atoms with Gasteiger partial charge < -0.3 is 23.8 Å². The second-order valence-corrected chi connectivity index (χ2v) is 16.2. The van der Waals surface area contributed by atoms with Crippen LogP contribution >= 0.6 is 0 Å². The summed E-state index contributed by atoms with van der Waals surface area (Å²) < 4.78 is 70.4. The van der Waals surface area contributed by atoms with Crippen molar-refractivity contribution in [2.75, 3.05) is 51.6 Å². The average molecular weight is 769 g/mol. The van der Waals surface area contributed by atoms with Crippen LogP contribution in [0.5, 0.6) is 11.6 Å². The lowest BCUT2D eigenvalue weighted by Gasteiger charge is -2.42. The summed E-state index contributed by atoms with van der Waals surface area (Å²) in [6.45, 7) is 7.14. The quantitative estimate of drug-likeness (QED) is 0.136. The van der Waals surface area contributed by atoms with Gasteiger partial charge in [-0.25, -0.2) is 22.9 Å². The second kappa shape index (κ2) is 14.3. The molecule has 4 aromatic rings. The SMILES string of the molecule is C#Cc1c(F)ccc2cc(OCOC)cc(-c3ncc4c(N5C[C@H]6CC[C@@H](C5)N6C(=O)OC(C)(C)C)c(C#N)c(OC[C@@]56CCCN5C[C@H](F)C6)nc4c3F)c12. The van der Waals surface area contributed by atoms with Crippen molar-refractivity contribution in [3.8, 4) is 41.3 Å². The number of halogens is 3. The molecule has 8 rings (SSSR count). The number of carbonyl (C=O) groups is 1. The summed E-state index contributed by atoms with van der Waals surface area (Å²) in [7, 11) is 1.46. The minimum atomic E-state index is -1.01. The Labute approximate surface area is 323 Å². The number of ether oxygens (including phenoxy) is 4. The average Bonchev–Trinajstić information content (AvgIpc) is 3.78. The summed E-state index contributed by atoms with van der Waals surface area (Å²) in [6, 6.07) is 7.76. The molecule has 4 atom stereocenters. The van der Waals surface area contributed by atoms with E-state index in [1.165, 1.54) is 31.5 Å². The molecule has 0 saturated carbocycles. The molecule has 56 heavy (non-hydrogen) atoms. The van der Waals surface area contributed by atoms with Crippen molar-refractivity contribution < 1.29 is 36.9 Å². The lowest BCUT2D eigenvalue weighted by Crippen LogP contribution is -2.57. The second-order valence-electron chi connectivity index (χ2n) is 16.2. The Morgan fingerprint density at radius 2 is 1.88 bits per heavy atom. The molecule has 2 bridgehead atoms. The van der Waals surface area contributed by atoms with Crippen LogP contribution in [0.25, 0.3) is 32.9 Å². The molecule has 4 saturated heterocycles. The van der Waals surface area contributed by atoms with E-state index in [9.17, 15) is 14.4 Å². The van der Waals surface area contributed by atoms with Crippen LogP contribution in [0.15, 0.2) is 30.5 Å². The van der Waals surface area contributed by atoms with Crippen molar-refractivity contribution in [3.05, 3.63) is 53.2 Å². The van der Waals surface area contributed by atoms with Crippen LogP contribution < -0.4 is 14.4 Å². The normalized spacial score (nSPS) is 23.3. The predicted molar refractivity (Wildman–Crippen MR) is 203 cm³/mol. The molecule has 2 aromatic heterocycles. The number of hydrogen-bond acceptors (Lipinski definition) is 10. The van der Waals surface area contributed by atoms with Crippen LogP contribution in [0.4, 0.5) is 23.7 Å². The van der Waals surface area contributed by atoms with Crippen molar-refractivity contribution in [3.63, 3.8) is 0 Å². The minimum Gasteiger partial charge on any atom is -0.475 e. The zero-order valence-corrected chi connectivity index (χ0v) is 31.8. The van der Waals surface area contributed by atoms with Gasteiger partial charge in [-0.2, -0.15) is 5.26 Å². The maximum absolute atomic E-state index is 17.4. The van der Waals surface area contributed by atoms with E-state index in [1.54, 1.807) is 11.0 Å². The number of piperazine rings is 1. The number of methoxy groups -OCH3 is 1. The van der Waals surface area contributed by atoms with Crippen LogP contribution in [0.2, 0.25) is 0 Å². The first-order valence-corrected chi connectivity index (χ1v) is 18.9. The van der Waals surface area contributed by atoms with Gasteiger partial charge in [-0.3, -0.25) is 14.8 Å². The molecule has 0 spiro atoms.